The van der Waals surface area contributed by atoms with E-state index < -0.39 is 6.04 Å². The van der Waals surface area contributed by atoms with Gasteiger partial charge < -0.3 is 9.64 Å². The first-order chi connectivity index (χ1) is 14.7. The van der Waals surface area contributed by atoms with Crippen molar-refractivity contribution in [3.8, 4) is 5.88 Å². The molecule has 1 amide bonds. The number of rotatable bonds is 4. The zero-order valence-electron chi connectivity index (χ0n) is 17.1. The summed E-state index contributed by atoms with van der Waals surface area (Å²) >= 11 is 0. The van der Waals surface area contributed by atoms with Crippen LogP contribution in [0.25, 0.3) is 0 Å². The van der Waals surface area contributed by atoms with Gasteiger partial charge in [-0.05, 0) is 18.6 Å². The molecule has 0 aromatic carbocycles. The zero-order valence-corrected chi connectivity index (χ0v) is 17.1. The van der Waals surface area contributed by atoms with Crippen LogP contribution in [0.1, 0.15) is 29.6 Å². The molecule has 7 nitrogen and oxygen atoms in total. The van der Waals surface area contributed by atoms with Gasteiger partial charge in [-0.1, -0.05) is 24.3 Å². The number of ether oxygens (including phenoxy) is 1. The molecule has 5 heterocycles. The normalized spacial score (nSPS) is 25.2. The average Bonchev–Trinajstić information content (AvgIpc) is 3.30. The Kier molecular flexibility index (Phi) is 4.90. The molecule has 3 aliphatic heterocycles. The molecule has 156 valence electrons. The highest BCUT2D eigenvalue weighted by Gasteiger charge is 2.45. The second-order valence-electron chi connectivity index (χ2n) is 8.38. The number of hydrogen-bond donors (Lipinski definition) is 0. The molecule has 0 radical (unpaired) electrons. The van der Waals surface area contributed by atoms with Crippen molar-refractivity contribution in [2.75, 3.05) is 33.3 Å². The maximum Gasteiger partial charge on any atom is 0.251 e. The summed E-state index contributed by atoms with van der Waals surface area (Å²) in [4.78, 5) is 34.8. The van der Waals surface area contributed by atoms with Crippen molar-refractivity contribution in [3.05, 3.63) is 70.3 Å². The molecule has 3 atom stereocenters. The summed E-state index contributed by atoms with van der Waals surface area (Å²) in [5, 5.41) is 0. The van der Waals surface area contributed by atoms with E-state index in [-0.39, 0.29) is 23.3 Å². The topological polar surface area (TPSA) is 67.7 Å². The first-order valence-electron chi connectivity index (χ1n) is 10.5. The van der Waals surface area contributed by atoms with Gasteiger partial charge in [0.2, 0.25) is 11.8 Å². The van der Waals surface area contributed by atoms with Crippen LogP contribution in [0.15, 0.2) is 53.5 Å². The maximum atomic E-state index is 13.5. The van der Waals surface area contributed by atoms with Gasteiger partial charge in [0.1, 0.15) is 6.04 Å². The smallest absolute Gasteiger partial charge is 0.251 e. The van der Waals surface area contributed by atoms with Gasteiger partial charge in [-0.3, -0.25) is 19.1 Å². The van der Waals surface area contributed by atoms with Crippen LogP contribution in [0.4, 0.5) is 0 Å². The average molecular weight is 406 g/mol. The van der Waals surface area contributed by atoms with Gasteiger partial charge in [0.05, 0.1) is 7.11 Å². The number of likely N-dealkylation sites (tertiary alicyclic amines) is 1. The number of aromatic nitrogens is 2. The van der Waals surface area contributed by atoms with Crippen LogP contribution in [-0.4, -0.2) is 58.5 Å². The summed E-state index contributed by atoms with van der Waals surface area (Å²) in [6.07, 6.45) is 6.69. The summed E-state index contributed by atoms with van der Waals surface area (Å²) in [7, 11) is 1.64. The molecular formula is C23H26N4O3. The number of fused-ring (bicyclic) bond motifs is 4. The second-order valence-corrected chi connectivity index (χ2v) is 8.38. The molecule has 0 N–H and O–H groups in total. The van der Waals surface area contributed by atoms with Gasteiger partial charge in [0.25, 0.3) is 5.56 Å². The molecule has 30 heavy (non-hydrogen) atoms. The van der Waals surface area contributed by atoms with Crippen LogP contribution in [0.5, 0.6) is 5.88 Å². The molecule has 5 rings (SSSR count). The van der Waals surface area contributed by atoms with Crippen molar-refractivity contribution in [1.82, 2.24) is 19.4 Å². The zero-order chi connectivity index (χ0) is 20.7. The minimum atomic E-state index is -0.441. The fourth-order valence-corrected chi connectivity index (χ4v) is 5.29. The number of carbonyl (C=O) groups excluding carboxylic acids is 1. The van der Waals surface area contributed by atoms with E-state index in [0.717, 1.165) is 30.8 Å². The number of hydrogen-bond acceptors (Lipinski definition) is 5. The Hall–Kier alpha value is -2.93. The van der Waals surface area contributed by atoms with Crippen LogP contribution in [0.2, 0.25) is 0 Å². The fourth-order valence-electron chi connectivity index (χ4n) is 5.29. The Labute approximate surface area is 175 Å². The summed E-state index contributed by atoms with van der Waals surface area (Å²) in [6.45, 7) is 3.59. The third kappa shape index (κ3) is 3.23. The summed E-state index contributed by atoms with van der Waals surface area (Å²) < 4.78 is 7.21. The molecule has 0 unspecified atom stereocenters. The predicted molar refractivity (Wildman–Crippen MR) is 112 cm³/mol. The van der Waals surface area contributed by atoms with Gasteiger partial charge in [0.15, 0.2) is 0 Å². The van der Waals surface area contributed by atoms with Gasteiger partial charge in [-0.15, -0.1) is 0 Å². The highest BCUT2D eigenvalue weighted by molar-refractivity contribution is 5.82. The van der Waals surface area contributed by atoms with Crippen molar-refractivity contribution in [2.24, 2.45) is 5.92 Å². The number of carbonyl (C=O) groups is 1. The quantitative estimate of drug-likeness (QED) is 0.725. The molecule has 2 aromatic heterocycles. The molecule has 0 saturated carbocycles. The molecule has 1 saturated heterocycles. The first-order valence-corrected chi connectivity index (χ1v) is 10.5. The number of pyridine rings is 2. The van der Waals surface area contributed by atoms with Gasteiger partial charge in [0, 0.05) is 68.1 Å². The van der Waals surface area contributed by atoms with Crippen LogP contribution in [-0.2, 0) is 11.3 Å². The maximum absolute atomic E-state index is 13.5. The highest BCUT2D eigenvalue weighted by Crippen LogP contribution is 2.42. The van der Waals surface area contributed by atoms with Crippen molar-refractivity contribution in [1.29, 1.82) is 0 Å². The second kappa shape index (κ2) is 7.72. The lowest BCUT2D eigenvalue weighted by molar-refractivity contribution is -0.137. The molecular weight excluding hydrogens is 380 g/mol. The largest absolute Gasteiger partial charge is 0.481 e. The number of piperidine rings is 1. The van der Waals surface area contributed by atoms with E-state index in [2.05, 4.69) is 9.88 Å². The highest BCUT2D eigenvalue weighted by atomic mass is 16.5. The molecule has 0 aliphatic carbocycles. The van der Waals surface area contributed by atoms with E-state index in [1.54, 1.807) is 23.9 Å². The fraction of sp³-hybridized carbons (Fsp3) is 0.435. The molecule has 7 heteroatoms. The van der Waals surface area contributed by atoms with E-state index in [1.807, 2.05) is 41.3 Å². The Balaban J connectivity index is 1.48. The summed E-state index contributed by atoms with van der Waals surface area (Å²) in [5.74, 6) is 1.03. The first kappa shape index (κ1) is 19.1. The van der Waals surface area contributed by atoms with Crippen LogP contribution in [0.3, 0.4) is 0 Å². The minimum absolute atomic E-state index is 0.0545. The van der Waals surface area contributed by atoms with Crippen LogP contribution >= 0.6 is 0 Å². The number of amides is 1. The van der Waals surface area contributed by atoms with Gasteiger partial charge >= 0.3 is 0 Å². The molecule has 2 bridgehead atoms. The lowest BCUT2D eigenvalue weighted by atomic mass is 9.78. The Morgan fingerprint density at radius 3 is 2.80 bits per heavy atom. The molecule has 3 aliphatic rings. The van der Waals surface area contributed by atoms with E-state index in [0.29, 0.717) is 25.5 Å². The molecule has 1 fully saturated rings. The number of methoxy groups -OCH3 is 1. The Bertz CT molecular complexity index is 1040. The van der Waals surface area contributed by atoms with Gasteiger partial charge in [-0.2, -0.15) is 0 Å². The van der Waals surface area contributed by atoms with Crippen molar-refractivity contribution < 1.29 is 9.53 Å². The lowest BCUT2D eigenvalue weighted by Crippen LogP contribution is -2.53. The number of nitrogens with zero attached hydrogens (tertiary/aromatic N) is 4. The predicted octanol–water partition coefficient (Wildman–Crippen LogP) is 1.81. The van der Waals surface area contributed by atoms with Crippen LogP contribution in [0, 0.1) is 5.92 Å². The van der Waals surface area contributed by atoms with E-state index in [9.17, 15) is 9.59 Å². The SMILES string of the molecule is COc1ncccc1CN1C[C@H]2C[C@@H](C1)[C@H](C(=O)N1CC=CC1)n1c2cccc1=O. The van der Waals surface area contributed by atoms with Gasteiger partial charge in [-0.25, -0.2) is 4.98 Å². The van der Waals surface area contributed by atoms with E-state index in [4.69, 9.17) is 4.74 Å². The third-order valence-electron chi connectivity index (χ3n) is 6.54. The summed E-state index contributed by atoms with van der Waals surface area (Å²) in [5.41, 5.74) is 1.94. The minimum Gasteiger partial charge on any atom is -0.481 e. The standard InChI is InChI=1S/C23H26N4O3/c1-30-22-16(6-5-9-24-22)13-25-14-17-12-18(15-25)21(23(29)26-10-2-3-11-26)27-19(17)7-4-8-20(27)28/h2-9,17-18,21H,10-15H2,1H3/t17-,18+,21-/m1/s1. The monoisotopic (exact) mass is 406 g/mol. The summed E-state index contributed by atoms with van der Waals surface area (Å²) in [6, 6.07) is 8.92. The Morgan fingerprint density at radius 2 is 2.00 bits per heavy atom. The Morgan fingerprint density at radius 1 is 1.17 bits per heavy atom. The van der Waals surface area contributed by atoms with Crippen molar-refractivity contribution in [2.45, 2.75) is 24.9 Å². The lowest BCUT2D eigenvalue weighted by Gasteiger charge is -2.47. The van der Waals surface area contributed by atoms with Crippen molar-refractivity contribution in [3.63, 3.8) is 0 Å². The van der Waals surface area contributed by atoms with E-state index in [1.165, 1.54) is 0 Å². The third-order valence-corrected chi connectivity index (χ3v) is 6.54. The van der Waals surface area contributed by atoms with E-state index >= 15 is 0 Å². The van der Waals surface area contributed by atoms with Crippen LogP contribution < -0.4 is 10.3 Å². The van der Waals surface area contributed by atoms with Crippen molar-refractivity contribution >= 4 is 5.91 Å². The molecule has 0 spiro atoms. The molecule has 2 aromatic rings.